The molecule has 1 aliphatic heterocycles. The van der Waals surface area contributed by atoms with Crippen LogP contribution in [0.2, 0.25) is 0 Å². The molecule has 2 fully saturated rings. The van der Waals surface area contributed by atoms with Crippen LogP contribution in [-0.4, -0.2) is 36.2 Å². The van der Waals surface area contributed by atoms with E-state index in [1.807, 2.05) is 20.8 Å². The zero-order valence-electron chi connectivity index (χ0n) is 14.1. The molecule has 0 spiro atoms. The zero-order chi connectivity index (χ0) is 16.5. The third-order valence-electron chi connectivity index (χ3n) is 5.19. The minimum absolute atomic E-state index is 0.00840. The number of rotatable bonds is 3. The van der Waals surface area contributed by atoms with Crippen LogP contribution in [0.25, 0.3) is 0 Å². The van der Waals surface area contributed by atoms with Crippen molar-refractivity contribution in [3.05, 3.63) is 0 Å². The molecule has 3 amide bonds. The van der Waals surface area contributed by atoms with Crippen molar-refractivity contribution in [2.45, 2.75) is 52.9 Å². The molecule has 5 heteroatoms. The van der Waals surface area contributed by atoms with Crippen molar-refractivity contribution in [3.8, 4) is 0 Å². The molecule has 1 saturated carbocycles. The van der Waals surface area contributed by atoms with E-state index in [0.717, 1.165) is 25.7 Å². The van der Waals surface area contributed by atoms with Crippen LogP contribution >= 0.6 is 0 Å². The van der Waals surface area contributed by atoms with Gasteiger partial charge in [-0.05, 0) is 37.0 Å². The van der Waals surface area contributed by atoms with Crippen molar-refractivity contribution in [1.82, 2.24) is 10.2 Å². The normalized spacial score (nSPS) is 29.8. The van der Waals surface area contributed by atoms with Crippen molar-refractivity contribution >= 4 is 17.7 Å². The average molecular weight is 308 g/mol. The second-order valence-electron chi connectivity index (χ2n) is 7.80. The first kappa shape index (κ1) is 17.0. The SMILES string of the molecule is CNC(=O)C1CCC(CN2C(=O)CC(C(C)(C)C)C2=O)CC1. The molecule has 1 N–H and O–H groups in total. The Labute approximate surface area is 132 Å². The van der Waals surface area contributed by atoms with Gasteiger partial charge < -0.3 is 5.32 Å². The van der Waals surface area contributed by atoms with Gasteiger partial charge in [0.2, 0.25) is 17.7 Å². The number of likely N-dealkylation sites (tertiary alicyclic amines) is 1. The standard InChI is InChI=1S/C17H28N2O3/c1-17(2,3)13-9-14(20)19(16(13)22)10-11-5-7-12(8-6-11)15(21)18-4/h11-13H,5-10H2,1-4H3,(H,18,21). The van der Waals surface area contributed by atoms with E-state index in [1.54, 1.807) is 7.05 Å². The summed E-state index contributed by atoms with van der Waals surface area (Å²) >= 11 is 0. The quantitative estimate of drug-likeness (QED) is 0.811. The van der Waals surface area contributed by atoms with E-state index in [-0.39, 0.29) is 35.0 Å². The van der Waals surface area contributed by atoms with Crippen molar-refractivity contribution in [1.29, 1.82) is 0 Å². The highest BCUT2D eigenvalue weighted by atomic mass is 16.2. The highest BCUT2D eigenvalue weighted by Gasteiger charge is 2.45. The average Bonchev–Trinajstić information content (AvgIpc) is 2.75. The van der Waals surface area contributed by atoms with Gasteiger partial charge >= 0.3 is 0 Å². The fourth-order valence-corrected chi connectivity index (χ4v) is 3.62. The molecular weight excluding hydrogens is 280 g/mol. The Bertz CT molecular complexity index is 459. The second-order valence-corrected chi connectivity index (χ2v) is 7.80. The maximum atomic E-state index is 12.5. The maximum Gasteiger partial charge on any atom is 0.233 e. The maximum absolute atomic E-state index is 12.5. The highest BCUT2D eigenvalue weighted by Crippen LogP contribution is 2.37. The van der Waals surface area contributed by atoms with Crippen LogP contribution in [0.3, 0.4) is 0 Å². The summed E-state index contributed by atoms with van der Waals surface area (Å²) in [6.07, 6.45) is 3.87. The lowest BCUT2D eigenvalue weighted by Crippen LogP contribution is -2.39. The van der Waals surface area contributed by atoms with E-state index in [9.17, 15) is 14.4 Å². The summed E-state index contributed by atoms with van der Waals surface area (Å²) in [6, 6.07) is 0. The van der Waals surface area contributed by atoms with Gasteiger partial charge in [-0.2, -0.15) is 0 Å². The van der Waals surface area contributed by atoms with Crippen molar-refractivity contribution in [2.24, 2.45) is 23.2 Å². The Morgan fingerprint density at radius 3 is 2.23 bits per heavy atom. The zero-order valence-corrected chi connectivity index (χ0v) is 14.1. The lowest BCUT2D eigenvalue weighted by Gasteiger charge is -2.30. The summed E-state index contributed by atoms with van der Waals surface area (Å²) in [6.45, 7) is 6.58. The summed E-state index contributed by atoms with van der Waals surface area (Å²) in [7, 11) is 1.67. The highest BCUT2D eigenvalue weighted by molar-refractivity contribution is 6.03. The minimum atomic E-state index is -0.192. The monoisotopic (exact) mass is 308 g/mol. The summed E-state index contributed by atoms with van der Waals surface area (Å²) in [5.41, 5.74) is -0.168. The first-order chi connectivity index (χ1) is 10.2. The Kier molecular flexibility index (Phi) is 4.93. The first-order valence-corrected chi connectivity index (χ1v) is 8.29. The smallest absolute Gasteiger partial charge is 0.233 e. The van der Waals surface area contributed by atoms with Gasteiger partial charge in [0.15, 0.2) is 0 Å². The van der Waals surface area contributed by atoms with Gasteiger partial charge in [0.25, 0.3) is 0 Å². The van der Waals surface area contributed by atoms with Gasteiger partial charge in [-0.3, -0.25) is 19.3 Å². The fraction of sp³-hybridized carbons (Fsp3) is 0.824. The fourth-order valence-electron chi connectivity index (χ4n) is 3.62. The van der Waals surface area contributed by atoms with Gasteiger partial charge in [-0.15, -0.1) is 0 Å². The first-order valence-electron chi connectivity index (χ1n) is 8.29. The molecule has 22 heavy (non-hydrogen) atoms. The second kappa shape index (κ2) is 6.39. The molecule has 1 aliphatic carbocycles. The van der Waals surface area contributed by atoms with E-state index in [1.165, 1.54) is 4.90 Å². The topological polar surface area (TPSA) is 66.5 Å². The van der Waals surface area contributed by atoms with E-state index >= 15 is 0 Å². The van der Waals surface area contributed by atoms with Crippen LogP contribution in [0, 0.1) is 23.2 Å². The van der Waals surface area contributed by atoms with Crippen LogP contribution in [0.4, 0.5) is 0 Å². The van der Waals surface area contributed by atoms with Crippen LogP contribution in [0.1, 0.15) is 52.9 Å². The van der Waals surface area contributed by atoms with Gasteiger partial charge in [0.05, 0.1) is 5.92 Å². The number of nitrogens with zero attached hydrogens (tertiary/aromatic N) is 1. The molecule has 0 aromatic rings. The number of nitrogens with one attached hydrogen (secondary N) is 1. The largest absolute Gasteiger partial charge is 0.359 e. The molecule has 2 rings (SSSR count). The van der Waals surface area contributed by atoms with E-state index in [0.29, 0.717) is 18.9 Å². The summed E-state index contributed by atoms with van der Waals surface area (Å²) in [5, 5.41) is 2.70. The predicted molar refractivity (Wildman–Crippen MR) is 83.8 cm³/mol. The summed E-state index contributed by atoms with van der Waals surface area (Å²) < 4.78 is 0. The van der Waals surface area contributed by atoms with Gasteiger partial charge in [0.1, 0.15) is 0 Å². The van der Waals surface area contributed by atoms with Crippen molar-refractivity contribution in [3.63, 3.8) is 0 Å². The molecule has 0 aromatic heterocycles. The number of carbonyl (C=O) groups is 3. The van der Waals surface area contributed by atoms with Crippen molar-refractivity contribution in [2.75, 3.05) is 13.6 Å². The third-order valence-corrected chi connectivity index (χ3v) is 5.19. The van der Waals surface area contributed by atoms with Crippen molar-refractivity contribution < 1.29 is 14.4 Å². The van der Waals surface area contributed by atoms with Crippen LogP contribution in [-0.2, 0) is 14.4 Å². The number of hydrogen-bond donors (Lipinski definition) is 1. The molecule has 0 bridgehead atoms. The predicted octanol–water partition coefficient (Wildman–Crippen LogP) is 1.96. The van der Waals surface area contributed by atoms with Gasteiger partial charge in [0, 0.05) is 25.9 Å². The molecule has 2 aliphatic rings. The number of hydrogen-bond acceptors (Lipinski definition) is 3. The molecule has 0 aromatic carbocycles. The Morgan fingerprint density at radius 2 is 1.77 bits per heavy atom. The van der Waals surface area contributed by atoms with Crippen LogP contribution in [0.5, 0.6) is 0 Å². The molecule has 1 heterocycles. The van der Waals surface area contributed by atoms with Crippen LogP contribution < -0.4 is 5.32 Å². The Balaban J connectivity index is 1.91. The molecule has 1 unspecified atom stereocenters. The van der Waals surface area contributed by atoms with Gasteiger partial charge in [-0.25, -0.2) is 0 Å². The molecular formula is C17H28N2O3. The number of amides is 3. The van der Waals surface area contributed by atoms with Crippen LogP contribution in [0.15, 0.2) is 0 Å². The lowest BCUT2D eigenvalue weighted by molar-refractivity contribution is -0.141. The minimum Gasteiger partial charge on any atom is -0.359 e. The molecule has 5 nitrogen and oxygen atoms in total. The molecule has 0 radical (unpaired) electrons. The number of carbonyl (C=O) groups excluding carboxylic acids is 3. The van der Waals surface area contributed by atoms with Gasteiger partial charge in [-0.1, -0.05) is 20.8 Å². The Morgan fingerprint density at radius 1 is 1.18 bits per heavy atom. The number of imide groups is 1. The Hall–Kier alpha value is -1.39. The molecule has 1 atom stereocenters. The van der Waals surface area contributed by atoms with E-state index in [4.69, 9.17) is 0 Å². The third kappa shape index (κ3) is 3.50. The van der Waals surface area contributed by atoms with E-state index < -0.39 is 0 Å². The molecule has 1 saturated heterocycles. The van der Waals surface area contributed by atoms with E-state index in [2.05, 4.69) is 5.32 Å². The lowest BCUT2D eigenvalue weighted by atomic mass is 9.79. The summed E-state index contributed by atoms with van der Waals surface area (Å²) in [4.78, 5) is 37.8. The summed E-state index contributed by atoms with van der Waals surface area (Å²) in [5.74, 6) is 0.312. The molecule has 124 valence electrons.